The number of rotatable bonds is 14. The van der Waals surface area contributed by atoms with Crippen molar-refractivity contribution in [2.24, 2.45) is 23.7 Å². The van der Waals surface area contributed by atoms with Gasteiger partial charge in [-0.3, -0.25) is 4.79 Å². The number of aromatic carboxylic acids is 1. The molecule has 0 spiro atoms. The van der Waals surface area contributed by atoms with Crippen LogP contribution < -0.4 is 0 Å². The maximum Gasteiger partial charge on any atom is 0.339 e. The molecule has 2 saturated heterocycles. The van der Waals surface area contributed by atoms with E-state index in [9.17, 15) is 30.0 Å². The second-order valence-corrected chi connectivity index (χ2v) is 14.4. The number of aryl methyl sites for hydroxylation is 1. The first-order valence-electron chi connectivity index (χ1n) is 16.5. The lowest BCUT2D eigenvalue weighted by atomic mass is 9.76. The van der Waals surface area contributed by atoms with Gasteiger partial charge >= 0.3 is 5.97 Å². The molecule has 3 rings (SSSR count). The summed E-state index contributed by atoms with van der Waals surface area (Å²) in [4.78, 5) is 26.8. The van der Waals surface area contributed by atoms with Crippen molar-refractivity contribution in [1.82, 2.24) is 0 Å². The standard InChI is InChI=1S/C35H56O8S/c1-10-24(32-21(6)18-35(12-3,43-32)27-15-16-34(41,11-2)23(8)42-27)31(38)22(7)29(36)19(4)13-14-25-26(44-9)17-20(5)30(37)28(25)33(39)40/h17,19,21-24,27,29,32,36-37,41H,10-16,18H2,1-9H3,(H,39,40)/t19-,21-,22-,23-,24-,27?,29-,32-,34+,35-/m0/s1. The number of benzene rings is 1. The summed E-state index contributed by atoms with van der Waals surface area (Å²) in [6, 6.07) is 1.79. The van der Waals surface area contributed by atoms with Crippen molar-refractivity contribution in [1.29, 1.82) is 0 Å². The van der Waals surface area contributed by atoms with Gasteiger partial charge in [0.2, 0.25) is 0 Å². The van der Waals surface area contributed by atoms with Gasteiger partial charge in [0.1, 0.15) is 17.1 Å². The summed E-state index contributed by atoms with van der Waals surface area (Å²) in [5, 5.41) is 42.6. The van der Waals surface area contributed by atoms with Crippen molar-refractivity contribution in [3.63, 3.8) is 0 Å². The Kier molecular flexibility index (Phi) is 12.4. The zero-order chi connectivity index (χ0) is 33.1. The molecule has 0 aromatic heterocycles. The first-order valence-corrected chi connectivity index (χ1v) is 17.7. The summed E-state index contributed by atoms with van der Waals surface area (Å²) in [6.45, 7) is 15.5. The highest BCUT2D eigenvalue weighted by Crippen LogP contribution is 2.48. The Bertz CT molecular complexity index is 1170. The van der Waals surface area contributed by atoms with Crippen LogP contribution >= 0.6 is 11.8 Å². The number of ketones is 1. The van der Waals surface area contributed by atoms with Gasteiger partial charge in [-0.2, -0.15) is 0 Å². The number of carbonyl (C=O) groups is 2. The van der Waals surface area contributed by atoms with Crippen LogP contribution in [0.3, 0.4) is 0 Å². The van der Waals surface area contributed by atoms with E-state index in [0.717, 1.165) is 17.7 Å². The smallest absolute Gasteiger partial charge is 0.339 e. The second kappa shape index (κ2) is 14.8. The van der Waals surface area contributed by atoms with Crippen LogP contribution in [0, 0.1) is 30.6 Å². The van der Waals surface area contributed by atoms with E-state index in [0.29, 0.717) is 49.7 Å². The van der Waals surface area contributed by atoms with Crippen LogP contribution in [-0.2, 0) is 20.7 Å². The third kappa shape index (κ3) is 7.17. The van der Waals surface area contributed by atoms with Gasteiger partial charge in [0, 0.05) is 16.7 Å². The van der Waals surface area contributed by atoms with Gasteiger partial charge in [-0.15, -0.1) is 11.8 Å². The van der Waals surface area contributed by atoms with E-state index >= 15 is 0 Å². The lowest BCUT2D eigenvalue weighted by molar-refractivity contribution is -0.229. The number of Topliss-reactive ketones (excluding diaryl/α,β-unsaturated/α-hetero) is 1. The molecule has 1 unspecified atom stereocenters. The molecular formula is C35H56O8S. The monoisotopic (exact) mass is 636 g/mol. The van der Waals surface area contributed by atoms with E-state index in [1.54, 1.807) is 19.9 Å². The molecule has 1 aromatic carbocycles. The van der Waals surface area contributed by atoms with Crippen LogP contribution in [0.2, 0.25) is 0 Å². The minimum Gasteiger partial charge on any atom is -0.507 e. The molecule has 10 atom stereocenters. The maximum atomic E-state index is 14.0. The van der Waals surface area contributed by atoms with E-state index < -0.39 is 29.2 Å². The Morgan fingerprint density at radius 3 is 2.34 bits per heavy atom. The number of phenols is 1. The molecule has 44 heavy (non-hydrogen) atoms. The molecule has 2 aliphatic heterocycles. The Hall–Kier alpha value is -1.65. The fourth-order valence-corrected chi connectivity index (χ4v) is 8.47. The zero-order valence-electron chi connectivity index (χ0n) is 28.2. The highest BCUT2D eigenvalue weighted by molar-refractivity contribution is 7.98. The van der Waals surface area contributed by atoms with E-state index in [4.69, 9.17) is 9.47 Å². The van der Waals surface area contributed by atoms with Crippen LogP contribution in [0.25, 0.3) is 0 Å². The predicted octanol–water partition coefficient (Wildman–Crippen LogP) is 6.56. The summed E-state index contributed by atoms with van der Waals surface area (Å²) < 4.78 is 13.3. The largest absolute Gasteiger partial charge is 0.507 e. The minimum atomic E-state index is -1.18. The van der Waals surface area contributed by atoms with Gasteiger partial charge < -0.3 is 29.9 Å². The van der Waals surface area contributed by atoms with Gasteiger partial charge in [-0.1, -0.05) is 41.5 Å². The second-order valence-electron chi connectivity index (χ2n) is 13.6. The average molecular weight is 637 g/mol. The van der Waals surface area contributed by atoms with E-state index in [2.05, 4.69) is 13.8 Å². The fraction of sp³-hybridized carbons (Fsp3) is 0.771. The molecule has 8 nitrogen and oxygen atoms in total. The first kappa shape index (κ1) is 36.8. The van der Waals surface area contributed by atoms with Gasteiger partial charge in [-0.05, 0) is 100 Å². The number of thioether (sulfide) groups is 1. The molecule has 250 valence electrons. The molecule has 2 heterocycles. The van der Waals surface area contributed by atoms with Gasteiger partial charge in [0.25, 0.3) is 0 Å². The SMILES string of the molecule is CC[C@@H](C(=O)[C@@H](C)[C@@H](O)[C@@H](C)CCc1c(SC)cc(C)c(O)c1C(=O)O)[C@H]1O[C@](CC)(C2CC[C@](O)(CC)[C@H](C)O2)C[C@@H]1C. The molecule has 1 aromatic rings. The van der Waals surface area contributed by atoms with Crippen molar-refractivity contribution >= 4 is 23.5 Å². The maximum absolute atomic E-state index is 14.0. The minimum absolute atomic E-state index is 0.0158. The number of aliphatic hydroxyl groups is 2. The van der Waals surface area contributed by atoms with Gasteiger partial charge in [0.15, 0.2) is 0 Å². The number of carboxylic acids is 1. The lowest BCUT2D eigenvalue weighted by Gasteiger charge is -2.47. The number of ether oxygens (including phenoxy) is 2. The molecular weight excluding hydrogens is 580 g/mol. The number of carbonyl (C=O) groups excluding carboxylic acids is 1. The summed E-state index contributed by atoms with van der Waals surface area (Å²) >= 11 is 1.43. The molecule has 4 N–H and O–H groups in total. The molecule has 9 heteroatoms. The molecule has 0 bridgehead atoms. The Morgan fingerprint density at radius 2 is 1.82 bits per heavy atom. The molecule has 0 radical (unpaired) electrons. The first-order chi connectivity index (χ1) is 20.6. The van der Waals surface area contributed by atoms with Crippen LogP contribution in [0.15, 0.2) is 11.0 Å². The average Bonchev–Trinajstić information content (AvgIpc) is 3.34. The van der Waals surface area contributed by atoms with E-state index in [1.807, 2.05) is 34.0 Å². The summed E-state index contributed by atoms with van der Waals surface area (Å²) in [7, 11) is 0. The molecule has 0 amide bonds. The predicted molar refractivity (Wildman–Crippen MR) is 174 cm³/mol. The number of aliphatic hydroxyl groups excluding tert-OH is 1. The van der Waals surface area contributed by atoms with Crippen LogP contribution in [0.5, 0.6) is 5.75 Å². The molecule has 0 saturated carbocycles. The summed E-state index contributed by atoms with van der Waals surface area (Å²) in [6.07, 6.45) is 5.16. The molecule has 2 fully saturated rings. The number of hydrogen-bond acceptors (Lipinski definition) is 8. The third-order valence-electron chi connectivity index (χ3n) is 10.9. The number of carboxylic acid groups (broad SMARTS) is 1. The Balaban J connectivity index is 1.73. The fourth-order valence-electron chi connectivity index (χ4n) is 7.73. The van der Waals surface area contributed by atoms with E-state index in [1.165, 1.54) is 11.8 Å². The van der Waals surface area contributed by atoms with Crippen molar-refractivity contribution in [2.75, 3.05) is 6.26 Å². The molecule has 0 aliphatic carbocycles. The zero-order valence-corrected chi connectivity index (χ0v) is 29.0. The highest BCUT2D eigenvalue weighted by atomic mass is 32.2. The van der Waals surface area contributed by atoms with Crippen molar-refractivity contribution < 1.29 is 39.5 Å². The Labute approximate surface area is 268 Å². The lowest BCUT2D eigenvalue weighted by Crippen LogP contribution is -2.55. The van der Waals surface area contributed by atoms with Crippen molar-refractivity contribution in [3.05, 3.63) is 22.8 Å². The highest BCUT2D eigenvalue weighted by Gasteiger charge is 2.55. The van der Waals surface area contributed by atoms with Gasteiger partial charge in [-0.25, -0.2) is 4.79 Å². The Morgan fingerprint density at radius 1 is 1.16 bits per heavy atom. The van der Waals surface area contributed by atoms with Crippen LogP contribution in [-0.4, -0.2) is 74.1 Å². The number of hydrogen-bond donors (Lipinski definition) is 4. The van der Waals surface area contributed by atoms with Crippen molar-refractivity contribution in [3.8, 4) is 5.75 Å². The normalized spacial score (nSPS) is 31.8. The quantitative estimate of drug-likeness (QED) is 0.167. The number of aromatic hydroxyl groups is 1. The van der Waals surface area contributed by atoms with Gasteiger partial charge in [0.05, 0.1) is 35.6 Å². The van der Waals surface area contributed by atoms with Crippen LogP contribution in [0.4, 0.5) is 0 Å². The van der Waals surface area contributed by atoms with Crippen LogP contribution in [0.1, 0.15) is 115 Å². The molecule has 2 aliphatic rings. The summed E-state index contributed by atoms with van der Waals surface area (Å²) in [5.74, 6) is -2.57. The third-order valence-corrected chi connectivity index (χ3v) is 11.8. The summed E-state index contributed by atoms with van der Waals surface area (Å²) in [5.41, 5.74) is -0.374. The topological polar surface area (TPSA) is 134 Å². The van der Waals surface area contributed by atoms with E-state index in [-0.39, 0.29) is 53.2 Å². The van der Waals surface area contributed by atoms with Crippen molar-refractivity contribution in [2.45, 2.75) is 147 Å².